The molecule has 0 aromatic heterocycles. The number of amides is 2. The zero-order valence-electron chi connectivity index (χ0n) is 10.9. The van der Waals surface area contributed by atoms with Crippen molar-refractivity contribution in [1.29, 1.82) is 0 Å². The Morgan fingerprint density at radius 1 is 1.33 bits per heavy atom. The number of halogens is 3. The second-order valence-corrected chi connectivity index (χ2v) is 4.73. The first kappa shape index (κ1) is 15.3. The van der Waals surface area contributed by atoms with Gasteiger partial charge < -0.3 is 15.3 Å². The first-order chi connectivity index (χ1) is 9.77. The molecule has 0 saturated carbocycles. The number of likely N-dealkylation sites (tertiary alicyclic amines) is 1. The Balaban J connectivity index is 2.04. The number of carbonyl (C=O) groups is 2. The summed E-state index contributed by atoms with van der Waals surface area (Å²) in [5, 5.41) is 11.4. The zero-order chi connectivity index (χ0) is 15.6. The van der Waals surface area contributed by atoms with Crippen molar-refractivity contribution in [3.05, 3.63) is 29.8 Å². The molecule has 1 aromatic rings. The molecule has 1 aromatic carbocycles. The van der Waals surface area contributed by atoms with E-state index >= 15 is 0 Å². The van der Waals surface area contributed by atoms with Crippen LogP contribution in [0, 0.1) is 0 Å². The molecule has 1 atom stereocenters. The van der Waals surface area contributed by atoms with E-state index in [4.69, 9.17) is 0 Å². The number of carbonyl (C=O) groups excluding carboxylic acids is 2. The number of nitrogens with one attached hydrogen (secondary N) is 1. The Bertz CT molecular complexity index is 560. The normalized spacial score (nSPS) is 18.7. The largest absolute Gasteiger partial charge is 0.416 e. The predicted molar refractivity (Wildman–Crippen MR) is 67.3 cm³/mol. The van der Waals surface area contributed by atoms with Crippen LogP contribution < -0.4 is 5.32 Å². The summed E-state index contributed by atoms with van der Waals surface area (Å²) in [6, 6.07) is 4.03. The van der Waals surface area contributed by atoms with Crippen molar-refractivity contribution in [2.45, 2.75) is 18.7 Å². The van der Waals surface area contributed by atoms with Gasteiger partial charge in [-0.15, -0.1) is 0 Å². The number of anilines is 1. The first-order valence-electron chi connectivity index (χ1n) is 6.23. The van der Waals surface area contributed by atoms with E-state index in [0.717, 1.165) is 23.1 Å². The molecule has 2 N–H and O–H groups in total. The number of nitrogens with zero attached hydrogens (tertiary/aromatic N) is 1. The molecule has 0 radical (unpaired) electrons. The molecule has 2 rings (SSSR count). The van der Waals surface area contributed by atoms with Crippen LogP contribution in [0.25, 0.3) is 0 Å². The molecule has 1 heterocycles. The van der Waals surface area contributed by atoms with E-state index < -0.39 is 29.7 Å². The lowest BCUT2D eigenvalue weighted by Gasteiger charge is -2.15. The lowest BCUT2D eigenvalue weighted by molar-refractivity contribution is -0.142. The minimum absolute atomic E-state index is 0.0504. The Morgan fingerprint density at radius 2 is 2.05 bits per heavy atom. The number of aliphatic hydroxyl groups excluding tert-OH is 1. The van der Waals surface area contributed by atoms with Gasteiger partial charge >= 0.3 is 18.0 Å². The van der Waals surface area contributed by atoms with E-state index in [-0.39, 0.29) is 18.8 Å². The van der Waals surface area contributed by atoms with Crippen molar-refractivity contribution >= 4 is 17.5 Å². The molecule has 5 nitrogen and oxygen atoms in total. The van der Waals surface area contributed by atoms with Crippen molar-refractivity contribution in [2.75, 3.05) is 18.4 Å². The fourth-order valence-electron chi connectivity index (χ4n) is 2.03. The van der Waals surface area contributed by atoms with Gasteiger partial charge in [-0.1, -0.05) is 6.07 Å². The minimum atomic E-state index is -4.52. The third kappa shape index (κ3) is 3.72. The molecule has 1 fully saturated rings. The summed E-state index contributed by atoms with van der Waals surface area (Å²) in [7, 11) is 0. The van der Waals surface area contributed by atoms with Gasteiger partial charge in [0.25, 0.3) is 0 Å². The fourth-order valence-corrected chi connectivity index (χ4v) is 2.03. The number of benzene rings is 1. The highest BCUT2D eigenvalue weighted by Gasteiger charge is 2.31. The van der Waals surface area contributed by atoms with E-state index in [1.807, 2.05) is 0 Å². The highest BCUT2D eigenvalue weighted by molar-refractivity contribution is 6.39. The van der Waals surface area contributed by atoms with Gasteiger partial charge in [0, 0.05) is 18.8 Å². The minimum Gasteiger partial charge on any atom is -0.391 e. The molecular weight excluding hydrogens is 289 g/mol. The lowest BCUT2D eigenvalue weighted by Crippen LogP contribution is -2.38. The molecule has 0 bridgehead atoms. The molecule has 1 aliphatic rings. The third-order valence-corrected chi connectivity index (χ3v) is 3.09. The quantitative estimate of drug-likeness (QED) is 0.767. The summed E-state index contributed by atoms with van der Waals surface area (Å²) in [5.74, 6) is -1.90. The van der Waals surface area contributed by atoms with Crippen molar-refractivity contribution in [2.24, 2.45) is 0 Å². The van der Waals surface area contributed by atoms with Crippen LogP contribution in [0.1, 0.15) is 12.0 Å². The average molecular weight is 302 g/mol. The highest BCUT2D eigenvalue weighted by atomic mass is 19.4. The van der Waals surface area contributed by atoms with Gasteiger partial charge in [0.05, 0.1) is 11.7 Å². The van der Waals surface area contributed by atoms with E-state index in [1.54, 1.807) is 0 Å². The zero-order valence-corrected chi connectivity index (χ0v) is 10.9. The Labute approximate surface area is 118 Å². The number of rotatable bonds is 1. The molecule has 21 heavy (non-hydrogen) atoms. The van der Waals surface area contributed by atoms with Gasteiger partial charge in [0.2, 0.25) is 0 Å². The Kier molecular flexibility index (Phi) is 4.17. The number of hydrogen-bond donors (Lipinski definition) is 2. The van der Waals surface area contributed by atoms with E-state index in [1.165, 1.54) is 6.07 Å². The summed E-state index contributed by atoms with van der Waals surface area (Å²) in [4.78, 5) is 24.6. The average Bonchev–Trinajstić information content (AvgIpc) is 2.84. The molecule has 0 spiro atoms. The maximum Gasteiger partial charge on any atom is 0.416 e. The van der Waals surface area contributed by atoms with Crippen molar-refractivity contribution < 1.29 is 27.9 Å². The van der Waals surface area contributed by atoms with Gasteiger partial charge in [-0.2, -0.15) is 13.2 Å². The Hall–Kier alpha value is -2.09. The summed E-state index contributed by atoms with van der Waals surface area (Å²) in [6.45, 7) is 0.296. The molecule has 0 aliphatic carbocycles. The Morgan fingerprint density at radius 3 is 2.62 bits per heavy atom. The van der Waals surface area contributed by atoms with Gasteiger partial charge in [-0.05, 0) is 24.6 Å². The second-order valence-electron chi connectivity index (χ2n) is 4.73. The number of aliphatic hydroxyl groups is 1. The van der Waals surface area contributed by atoms with Crippen LogP contribution in [-0.4, -0.2) is 41.0 Å². The van der Waals surface area contributed by atoms with Crippen LogP contribution in [0.4, 0.5) is 18.9 Å². The molecule has 2 amide bonds. The third-order valence-electron chi connectivity index (χ3n) is 3.09. The van der Waals surface area contributed by atoms with Crippen molar-refractivity contribution in [3.8, 4) is 0 Å². The highest BCUT2D eigenvalue weighted by Crippen LogP contribution is 2.30. The van der Waals surface area contributed by atoms with Gasteiger partial charge in [-0.25, -0.2) is 0 Å². The van der Waals surface area contributed by atoms with Gasteiger partial charge in [-0.3, -0.25) is 9.59 Å². The lowest BCUT2D eigenvalue weighted by atomic mass is 10.2. The maximum atomic E-state index is 12.5. The second kappa shape index (κ2) is 5.72. The summed E-state index contributed by atoms with van der Waals surface area (Å²) in [5.41, 5.74) is -1.02. The van der Waals surface area contributed by atoms with Gasteiger partial charge in [0.1, 0.15) is 0 Å². The smallest absolute Gasteiger partial charge is 0.391 e. The van der Waals surface area contributed by atoms with Crippen LogP contribution >= 0.6 is 0 Å². The number of alkyl halides is 3. The van der Waals surface area contributed by atoms with E-state index in [0.29, 0.717) is 6.42 Å². The van der Waals surface area contributed by atoms with Gasteiger partial charge in [0.15, 0.2) is 0 Å². The monoisotopic (exact) mass is 302 g/mol. The number of hydrogen-bond acceptors (Lipinski definition) is 3. The molecule has 8 heteroatoms. The van der Waals surface area contributed by atoms with E-state index in [9.17, 15) is 27.9 Å². The maximum absolute atomic E-state index is 12.5. The summed E-state index contributed by atoms with van der Waals surface area (Å²) in [6.07, 6.45) is -4.82. The SMILES string of the molecule is O=C(Nc1cccc(C(F)(F)F)c1)C(=O)N1CC[C@@H](O)C1. The van der Waals surface area contributed by atoms with Crippen LogP contribution in [0.2, 0.25) is 0 Å². The molecule has 114 valence electrons. The summed E-state index contributed by atoms with van der Waals surface area (Å²) >= 11 is 0. The fraction of sp³-hybridized carbons (Fsp3) is 0.385. The molecule has 0 unspecified atom stereocenters. The standard InChI is InChI=1S/C13H13F3N2O3/c14-13(15,16)8-2-1-3-9(6-8)17-11(20)12(21)18-5-4-10(19)7-18/h1-3,6,10,19H,4-5,7H2,(H,17,20)/t10-/m1/s1. The van der Waals surface area contributed by atoms with Crippen molar-refractivity contribution in [1.82, 2.24) is 4.90 Å². The van der Waals surface area contributed by atoms with E-state index in [2.05, 4.69) is 5.32 Å². The van der Waals surface area contributed by atoms with Crippen LogP contribution in [0.15, 0.2) is 24.3 Å². The van der Waals surface area contributed by atoms with Crippen LogP contribution in [0.5, 0.6) is 0 Å². The van der Waals surface area contributed by atoms with Crippen molar-refractivity contribution in [3.63, 3.8) is 0 Å². The molecule has 1 saturated heterocycles. The van der Waals surface area contributed by atoms with Crippen LogP contribution in [0.3, 0.4) is 0 Å². The first-order valence-corrected chi connectivity index (χ1v) is 6.23. The molecule has 1 aliphatic heterocycles. The summed E-state index contributed by atoms with van der Waals surface area (Å²) < 4.78 is 37.6. The topological polar surface area (TPSA) is 69.6 Å². The number of β-amino-alcohol motifs (C(OH)–C–C–N with tert-alkyl or cyclic N) is 1. The van der Waals surface area contributed by atoms with Crippen LogP contribution in [-0.2, 0) is 15.8 Å². The predicted octanol–water partition coefficient (Wildman–Crippen LogP) is 1.24. The molecular formula is C13H13F3N2O3.